The largest absolute Gasteiger partial charge is 0.365 e. The predicted molar refractivity (Wildman–Crippen MR) is 137 cm³/mol. The highest BCUT2D eigenvalue weighted by Gasteiger charge is 2.27. The van der Waals surface area contributed by atoms with E-state index >= 15 is 0 Å². The standard InChI is InChI=1S/C20H14N4O12S4/c25-37(26,27)15-7-5-13-19(23(9-21-13)39(31,32)33)17(15)11-1-2-12(4-3-11)18-16(38(28,29)30)8-6-14-20(18)24(10-22-14)40(34,35)36/h1-10H,(H,25,26,27)(H,28,29,30)(H,31,32,33)(H,34,35,36). The molecule has 2 heterocycles. The summed E-state index contributed by atoms with van der Waals surface area (Å²) < 4.78 is 136. The summed E-state index contributed by atoms with van der Waals surface area (Å²) >= 11 is 0. The lowest BCUT2D eigenvalue weighted by atomic mass is 9.98. The van der Waals surface area contributed by atoms with Crippen molar-refractivity contribution in [2.45, 2.75) is 9.79 Å². The Morgan fingerprint density at radius 3 is 1.10 bits per heavy atom. The van der Waals surface area contributed by atoms with E-state index in [1.54, 1.807) is 0 Å². The minimum atomic E-state index is -5.00. The highest BCUT2D eigenvalue weighted by atomic mass is 32.2. The summed E-state index contributed by atoms with van der Waals surface area (Å²) in [7, 11) is -20.0. The van der Waals surface area contributed by atoms with Crippen LogP contribution in [-0.2, 0) is 40.8 Å². The van der Waals surface area contributed by atoms with Gasteiger partial charge in [-0.15, -0.1) is 0 Å². The minimum Gasteiger partial charge on any atom is -0.282 e. The molecule has 0 atom stereocenters. The van der Waals surface area contributed by atoms with E-state index in [4.69, 9.17) is 0 Å². The Kier molecular flexibility index (Phi) is 6.16. The molecule has 0 bridgehead atoms. The molecule has 40 heavy (non-hydrogen) atoms. The molecule has 4 N–H and O–H groups in total. The minimum absolute atomic E-state index is 0.0729. The van der Waals surface area contributed by atoms with Crippen molar-refractivity contribution in [2.75, 3.05) is 0 Å². The number of rotatable bonds is 6. The van der Waals surface area contributed by atoms with Gasteiger partial charge in [0.15, 0.2) is 0 Å². The quantitative estimate of drug-likeness (QED) is 0.194. The van der Waals surface area contributed by atoms with Gasteiger partial charge in [0.05, 0.1) is 22.1 Å². The lowest BCUT2D eigenvalue weighted by Gasteiger charge is -2.14. The van der Waals surface area contributed by atoms with Crippen LogP contribution in [0.5, 0.6) is 0 Å². The van der Waals surface area contributed by atoms with Gasteiger partial charge in [0.2, 0.25) is 0 Å². The maximum atomic E-state index is 12.2. The van der Waals surface area contributed by atoms with E-state index in [1.165, 1.54) is 24.3 Å². The first-order valence-corrected chi connectivity index (χ1v) is 16.1. The molecule has 0 unspecified atom stereocenters. The van der Waals surface area contributed by atoms with Gasteiger partial charge in [0.25, 0.3) is 20.2 Å². The summed E-state index contributed by atoms with van der Waals surface area (Å²) in [6.07, 6.45) is 1.42. The zero-order chi connectivity index (χ0) is 29.4. The number of fused-ring (bicyclic) bond motifs is 2. The molecule has 0 amide bonds. The summed E-state index contributed by atoms with van der Waals surface area (Å²) in [6, 6.07) is 8.75. The van der Waals surface area contributed by atoms with Gasteiger partial charge < -0.3 is 0 Å². The van der Waals surface area contributed by atoms with Gasteiger partial charge in [0.1, 0.15) is 22.4 Å². The molecular weight excluding hydrogens is 617 g/mol. The summed E-state index contributed by atoms with van der Waals surface area (Å²) in [5.74, 6) is 0. The highest BCUT2D eigenvalue weighted by Crippen LogP contribution is 2.39. The normalized spacial score (nSPS) is 13.3. The highest BCUT2D eigenvalue weighted by molar-refractivity contribution is 7.86. The molecule has 0 radical (unpaired) electrons. The van der Waals surface area contributed by atoms with Crippen molar-refractivity contribution in [3.05, 3.63) is 61.2 Å². The van der Waals surface area contributed by atoms with E-state index in [0.717, 1.165) is 24.3 Å². The molecule has 16 nitrogen and oxygen atoms in total. The second-order valence-electron chi connectivity index (χ2n) is 8.18. The molecule has 3 aromatic carbocycles. The first kappa shape index (κ1) is 27.8. The molecule has 2 aromatic heterocycles. The van der Waals surface area contributed by atoms with Crippen molar-refractivity contribution >= 4 is 62.9 Å². The average Bonchev–Trinajstić information content (AvgIpc) is 3.46. The van der Waals surface area contributed by atoms with E-state index in [0.29, 0.717) is 12.7 Å². The Morgan fingerprint density at radius 1 is 0.500 bits per heavy atom. The molecule has 210 valence electrons. The number of nitrogens with zero attached hydrogens (tertiary/aromatic N) is 4. The van der Waals surface area contributed by atoms with Gasteiger partial charge in [-0.1, -0.05) is 24.3 Å². The lowest BCUT2D eigenvalue weighted by Crippen LogP contribution is -2.11. The van der Waals surface area contributed by atoms with Crippen molar-refractivity contribution in [1.29, 1.82) is 0 Å². The smallest absolute Gasteiger partial charge is 0.282 e. The van der Waals surface area contributed by atoms with Crippen LogP contribution in [-0.4, -0.2) is 69.8 Å². The first-order chi connectivity index (χ1) is 18.4. The molecule has 0 spiro atoms. The van der Waals surface area contributed by atoms with Crippen LogP contribution in [0, 0.1) is 0 Å². The summed E-state index contributed by atoms with van der Waals surface area (Å²) in [5.41, 5.74) is -1.96. The van der Waals surface area contributed by atoms with Crippen LogP contribution < -0.4 is 0 Å². The average molecular weight is 631 g/mol. The van der Waals surface area contributed by atoms with Gasteiger partial charge in [-0.25, -0.2) is 17.9 Å². The Morgan fingerprint density at radius 2 is 0.825 bits per heavy atom. The van der Waals surface area contributed by atoms with Crippen molar-refractivity contribution in [2.24, 2.45) is 0 Å². The van der Waals surface area contributed by atoms with Crippen molar-refractivity contribution < 1.29 is 51.9 Å². The number of imidazole rings is 2. The maximum absolute atomic E-state index is 12.2. The molecule has 5 rings (SSSR count). The number of hydrogen-bond acceptors (Lipinski definition) is 10. The van der Waals surface area contributed by atoms with Crippen LogP contribution >= 0.6 is 0 Å². The van der Waals surface area contributed by atoms with E-state index in [1.807, 2.05) is 0 Å². The fourth-order valence-corrected chi connectivity index (χ4v) is 6.85. The molecule has 0 saturated heterocycles. The fraction of sp³-hybridized carbons (Fsp3) is 0. The van der Waals surface area contributed by atoms with E-state index in [9.17, 15) is 51.9 Å². The molecule has 20 heteroatoms. The van der Waals surface area contributed by atoms with E-state index in [2.05, 4.69) is 9.97 Å². The lowest BCUT2D eigenvalue weighted by molar-refractivity contribution is 0.471. The monoisotopic (exact) mass is 630 g/mol. The van der Waals surface area contributed by atoms with Crippen LogP contribution in [0.1, 0.15) is 0 Å². The van der Waals surface area contributed by atoms with Crippen molar-refractivity contribution in [1.82, 2.24) is 17.9 Å². The maximum Gasteiger partial charge on any atom is 0.365 e. The number of benzene rings is 3. The van der Waals surface area contributed by atoms with Crippen molar-refractivity contribution in [3.8, 4) is 22.3 Å². The zero-order valence-electron chi connectivity index (χ0n) is 19.3. The van der Waals surface area contributed by atoms with Crippen LogP contribution in [0.3, 0.4) is 0 Å². The van der Waals surface area contributed by atoms with E-state index in [-0.39, 0.29) is 30.1 Å². The Balaban J connectivity index is 1.85. The number of aromatic nitrogens is 4. The molecule has 0 aliphatic rings. The van der Waals surface area contributed by atoms with Crippen LogP contribution in [0.4, 0.5) is 0 Å². The molecule has 0 fully saturated rings. The fourth-order valence-electron chi connectivity index (χ4n) is 4.26. The van der Waals surface area contributed by atoms with Crippen LogP contribution in [0.25, 0.3) is 44.3 Å². The molecular formula is C20H14N4O12S4. The number of hydrogen-bond donors (Lipinski definition) is 4. The van der Waals surface area contributed by atoms with Crippen molar-refractivity contribution in [3.63, 3.8) is 0 Å². The summed E-state index contributed by atoms with van der Waals surface area (Å²) in [6.45, 7) is 0. The SMILES string of the molecule is O=S(=O)(O)c1ccc2ncn(S(=O)(=O)O)c2c1-c1ccc(-c2c(S(=O)(=O)O)ccc3ncn(S(=O)(=O)O)c23)cc1. The first-order valence-electron chi connectivity index (χ1n) is 10.4. The Bertz CT molecular complexity index is 2140. The topological polar surface area (TPSA) is 253 Å². The predicted octanol–water partition coefficient (Wildman–Crippen LogP) is 1.52. The van der Waals surface area contributed by atoms with Gasteiger partial charge in [-0.3, -0.25) is 18.2 Å². The molecule has 0 aliphatic carbocycles. The summed E-state index contributed by atoms with van der Waals surface area (Å²) in [5, 5.41) is 0. The van der Waals surface area contributed by atoms with Gasteiger partial charge >= 0.3 is 20.6 Å². The third-order valence-corrected chi connectivity index (χ3v) is 9.14. The summed E-state index contributed by atoms with van der Waals surface area (Å²) in [4.78, 5) is 6.12. The Labute approximate surface area is 225 Å². The van der Waals surface area contributed by atoms with Gasteiger partial charge in [-0.2, -0.15) is 33.7 Å². The van der Waals surface area contributed by atoms with Gasteiger partial charge in [0, 0.05) is 11.1 Å². The van der Waals surface area contributed by atoms with Crippen LogP contribution in [0.15, 0.2) is 71.0 Å². The van der Waals surface area contributed by atoms with E-state index < -0.39 is 72.8 Å². The zero-order valence-corrected chi connectivity index (χ0v) is 22.5. The molecule has 5 aromatic rings. The molecule has 0 aliphatic heterocycles. The second kappa shape index (κ2) is 8.87. The third-order valence-electron chi connectivity index (χ3n) is 5.80. The Hall–Kier alpha value is -3.76. The van der Waals surface area contributed by atoms with Gasteiger partial charge in [-0.05, 0) is 35.4 Å². The second-order valence-corrected chi connectivity index (χ2v) is 13.5. The molecule has 0 saturated carbocycles. The van der Waals surface area contributed by atoms with Crippen LogP contribution in [0.2, 0.25) is 0 Å². The third kappa shape index (κ3) is 4.65.